The molecule has 0 bridgehead atoms. The molecule has 0 N–H and O–H groups in total. The standard InChI is InChI=1S/C37H54/c1-6-27-12-13-28(24-27)14-15-29(7-2)32-10-9-11-33-31-19-22-36(8-3)25-26(4)18-23-37(36,30-16-17-30)34(31)20-21-35(32,33)5/h6-7,12-13,24,28,30-34H,1,4,8-11,14-23,25H2,2-3,5H3/b29-7+/t28?,31?,32-,33?,34?,35-,36?,37+/m1/s1. The van der Waals surface area contributed by atoms with Crippen LogP contribution in [0.1, 0.15) is 117 Å². The Morgan fingerprint density at radius 1 is 1.05 bits per heavy atom. The van der Waals surface area contributed by atoms with E-state index in [9.17, 15) is 0 Å². The van der Waals surface area contributed by atoms with E-state index in [0.29, 0.717) is 22.2 Å². The normalized spacial score (nSPS) is 45.6. The van der Waals surface area contributed by atoms with Crippen LogP contribution in [0, 0.1) is 51.8 Å². The fraction of sp³-hybridized carbons (Fsp3) is 0.730. The van der Waals surface area contributed by atoms with Crippen molar-refractivity contribution in [3.05, 3.63) is 60.3 Å². The lowest BCUT2D eigenvalue weighted by atomic mass is 9.36. The third-order valence-corrected chi connectivity index (χ3v) is 13.5. The summed E-state index contributed by atoms with van der Waals surface area (Å²) in [6, 6.07) is 0. The topological polar surface area (TPSA) is 0 Å². The van der Waals surface area contributed by atoms with Crippen molar-refractivity contribution in [2.24, 2.45) is 51.8 Å². The monoisotopic (exact) mass is 498 g/mol. The molecular formula is C37H54. The fourth-order valence-electron chi connectivity index (χ4n) is 11.8. The number of hydrogen-bond acceptors (Lipinski definition) is 0. The smallest absolute Gasteiger partial charge is 0.00381 e. The molecule has 0 radical (unpaired) electrons. The molecule has 0 heterocycles. The Hall–Kier alpha value is -1.30. The van der Waals surface area contributed by atoms with Crippen LogP contribution in [0.5, 0.6) is 0 Å². The van der Waals surface area contributed by atoms with E-state index in [1.807, 2.05) is 6.08 Å². The Labute approximate surface area is 228 Å². The van der Waals surface area contributed by atoms with Gasteiger partial charge in [0.15, 0.2) is 0 Å². The Morgan fingerprint density at radius 3 is 2.59 bits per heavy atom. The van der Waals surface area contributed by atoms with Gasteiger partial charge in [-0.3, -0.25) is 0 Å². The summed E-state index contributed by atoms with van der Waals surface area (Å²) in [5, 5.41) is 0. The van der Waals surface area contributed by atoms with Gasteiger partial charge in [0, 0.05) is 0 Å². The van der Waals surface area contributed by atoms with E-state index >= 15 is 0 Å². The molecule has 6 rings (SSSR count). The van der Waals surface area contributed by atoms with Gasteiger partial charge in [-0.2, -0.15) is 0 Å². The van der Waals surface area contributed by atoms with Gasteiger partial charge in [-0.1, -0.05) is 75.0 Å². The highest BCUT2D eigenvalue weighted by atomic mass is 14.7. The van der Waals surface area contributed by atoms with Gasteiger partial charge in [0.05, 0.1) is 0 Å². The summed E-state index contributed by atoms with van der Waals surface area (Å²) in [4.78, 5) is 0. The largest absolute Gasteiger partial charge is 0.0998 e. The van der Waals surface area contributed by atoms with Crippen molar-refractivity contribution in [3.8, 4) is 0 Å². The summed E-state index contributed by atoms with van der Waals surface area (Å²) in [5.74, 6) is 5.39. The second kappa shape index (κ2) is 9.71. The highest BCUT2D eigenvalue weighted by Crippen LogP contribution is 2.76. The lowest BCUT2D eigenvalue weighted by molar-refractivity contribution is -0.187. The second-order valence-corrected chi connectivity index (χ2v) is 14.6. The van der Waals surface area contributed by atoms with Crippen LogP contribution in [-0.4, -0.2) is 0 Å². The van der Waals surface area contributed by atoms with Crippen molar-refractivity contribution in [2.75, 3.05) is 0 Å². The molecular weight excluding hydrogens is 444 g/mol. The van der Waals surface area contributed by atoms with Crippen LogP contribution in [0.3, 0.4) is 0 Å². The van der Waals surface area contributed by atoms with Gasteiger partial charge in [-0.15, -0.1) is 0 Å². The summed E-state index contributed by atoms with van der Waals surface area (Å²) in [6.45, 7) is 16.2. The Kier molecular flexibility index (Phi) is 6.81. The van der Waals surface area contributed by atoms with Gasteiger partial charge >= 0.3 is 0 Å². The minimum atomic E-state index is 0.518. The molecule has 0 amide bonds. The minimum Gasteiger partial charge on any atom is -0.0998 e. The molecule has 0 spiro atoms. The Bertz CT molecular complexity index is 1000. The number of hydrogen-bond donors (Lipinski definition) is 0. The number of rotatable bonds is 7. The molecule has 202 valence electrons. The molecule has 0 saturated heterocycles. The predicted molar refractivity (Wildman–Crippen MR) is 159 cm³/mol. The molecule has 5 unspecified atom stereocenters. The van der Waals surface area contributed by atoms with E-state index in [1.54, 1.807) is 11.1 Å². The van der Waals surface area contributed by atoms with Gasteiger partial charge < -0.3 is 0 Å². The first kappa shape index (κ1) is 26.0. The maximum atomic E-state index is 4.56. The number of allylic oxidation sites excluding steroid dienone is 8. The van der Waals surface area contributed by atoms with Crippen LogP contribution in [0.15, 0.2) is 60.3 Å². The minimum absolute atomic E-state index is 0.518. The van der Waals surface area contributed by atoms with E-state index in [-0.39, 0.29) is 0 Å². The van der Waals surface area contributed by atoms with Gasteiger partial charge in [-0.05, 0) is 154 Å². The number of fused-ring (bicyclic) bond motifs is 5. The van der Waals surface area contributed by atoms with E-state index in [0.717, 1.165) is 29.6 Å². The second-order valence-electron chi connectivity index (χ2n) is 14.6. The highest BCUT2D eigenvalue weighted by molar-refractivity contribution is 5.36. The average Bonchev–Trinajstić information content (AvgIpc) is 3.66. The third kappa shape index (κ3) is 3.97. The predicted octanol–water partition coefficient (Wildman–Crippen LogP) is 10.8. The van der Waals surface area contributed by atoms with Crippen LogP contribution >= 0.6 is 0 Å². The van der Waals surface area contributed by atoms with Crippen LogP contribution in [-0.2, 0) is 0 Å². The third-order valence-electron chi connectivity index (χ3n) is 13.5. The first-order chi connectivity index (χ1) is 17.9. The first-order valence-electron chi connectivity index (χ1n) is 16.2. The molecule has 0 aliphatic heterocycles. The van der Waals surface area contributed by atoms with Gasteiger partial charge in [0.2, 0.25) is 0 Å². The molecule has 37 heavy (non-hydrogen) atoms. The van der Waals surface area contributed by atoms with E-state index in [4.69, 9.17) is 0 Å². The molecule has 0 nitrogen and oxygen atoms in total. The molecule has 0 aromatic rings. The molecule has 5 saturated carbocycles. The zero-order chi connectivity index (χ0) is 25.8. The van der Waals surface area contributed by atoms with Gasteiger partial charge in [-0.25, -0.2) is 0 Å². The quantitative estimate of drug-likeness (QED) is 0.306. The molecule has 8 atom stereocenters. The summed E-state index contributed by atoms with van der Waals surface area (Å²) in [7, 11) is 0. The van der Waals surface area contributed by atoms with Crippen LogP contribution in [0.2, 0.25) is 0 Å². The molecule has 0 aromatic carbocycles. The van der Waals surface area contributed by atoms with Gasteiger partial charge in [0.25, 0.3) is 0 Å². The molecule has 6 aliphatic rings. The van der Waals surface area contributed by atoms with Crippen molar-refractivity contribution in [1.29, 1.82) is 0 Å². The lowest BCUT2D eigenvalue weighted by Gasteiger charge is -2.69. The summed E-state index contributed by atoms with van der Waals surface area (Å²) in [5.41, 5.74) is 6.43. The first-order valence-corrected chi connectivity index (χ1v) is 16.2. The van der Waals surface area contributed by atoms with Crippen molar-refractivity contribution in [3.63, 3.8) is 0 Å². The van der Waals surface area contributed by atoms with Gasteiger partial charge in [0.1, 0.15) is 0 Å². The Balaban J connectivity index is 1.25. The van der Waals surface area contributed by atoms with Crippen molar-refractivity contribution >= 4 is 0 Å². The average molecular weight is 499 g/mol. The SMILES string of the molecule is C=CC1=CC(CC/C(=C\C)[C@H]2CCCC3C4CCC5(CC)CC(=C)CC[C@]5(C5CC5)C4CC[C@@]32C)C=C1. The summed E-state index contributed by atoms with van der Waals surface area (Å²) in [6.07, 6.45) is 33.2. The van der Waals surface area contributed by atoms with Crippen molar-refractivity contribution in [2.45, 2.75) is 117 Å². The maximum absolute atomic E-state index is 4.56. The van der Waals surface area contributed by atoms with Crippen LogP contribution in [0.25, 0.3) is 0 Å². The molecule has 0 aromatic heterocycles. The zero-order valence-electron chi connectivity index (χ0n) is 24.4. The Morgan fingerprint density at radius 2 is 1.89 bits per heavy atom. The van der Waals surface area contributed by atoms with Crippen molar-refractivity contribution < 1.29 is 0 Å². The van der Waals surface area contributed by atoms with Crippen molar-refractivity contribution in [1.82, 2.24) is 0 Å². The van der Waals surface area contributed by atoms with Crippen LogP contribution in [0.4, 0.5) is 0 Å². The lowest BCUT2D eigenvalue weighted by Crippen LogP contribution is -2.61. The highest BCUT2D eigenvalue weighted by Gasteiger charge is 2.68. The van der Waals surface area contributed by atoms with E-state index in [2.05, 4.69) is 58.2 Å². The summed E-state index contributed by atoms with van der Waals surface area (Å²) < 4.78 is 0. The van der Waals surface area contributed by atoms with E-state index in [1.165, 1.54) is 102 Å². The van der Waals surface area contributed by atoms with E-state index < -0.39 is 0 Å². The maximum Gasteiger partial charge on any atom is -0.00381 e. The fourth-order valence-corrected chi connectivity index (χ4v) is 11.8. The summed E-state index contributed by atoms with van der Waals surface area (Å²) >= 11 is 0. The molecule has 5 fully saturated rings. The zero-order valence-corrected chi connectivity index (χ0v) is 24.4. The molecule has 0 heteroatoms. The molecule has 6 aliphatic carbocycles. The van der Waals surface area contributed by atoms with Crippen LogP contribution < -0.4 is 0 Å².